The van der Waals surface area contributed by atoms with Gasteiger partial charge in [-0.2, -0.15) is 5.10 Å². The second-order valence-electron chi connectivity index (χ2n) is 8.50. The van der Waals surface area contributed by atoms with E-state index in [1.807, 2.05) is 18.2 Å². The number of aliphatic imine (C=N–C) groups is 1. The maximum Gasteiger partial charge on any atom is 0.201 e. The summed E-state index contributed by atoms with van der Waals surface area (Å²) in [6.45, 7) is 2.28. The van der Waals surface area contributed by atoms with Crippen LogP contribution in [0.5, 0.6) is 0 Å². The minimum Gasteiger partial charge on any atom is -0.333 e. The Morgan fingerprint density at radius 1 is 1.11 bits per heavy atom. The van der Waals surface area contributed by atoms with E-state index in [1.54, 1.807) is 0 Å². The van der Waals surface area contributed by atoms with Crippen LogP contribution >= 0.6 is 0 Å². The van der Waals surface area contributed by atoms with E-state index in [0.29, 0.717) is 5.92 Å². The van der Waals surface area contributed by atoms with Gasteiger partial charge in [0.25, 0.3) is 0 Å². The maximum absolute atomic E-state index is 5.21. The molecule has 1 atom stereocenters. The largest absolute Gasteiger partial charge is 0.333 e. The molecule has 1 unspecified atom stereocenters. The number of guanidine groups is 1. The van der Waals surface area contributed by atoms with Crippen LogP contribution in [-0.2, 0) is 19.0 Å². The molecule has 2 aliphatic carbocycles. The maximum atomic E-state index is 5.21. The molecule has 1 aliphatic heterocycles. The Morgan fingerprint density at radius 3 is 2.68 bits per heavy atom. The normalized spacial score (nSPS) is 24.5. The average molecular weight is 376 g/mol. The van der Waals surface area contributed by atoms with Crippen LogP contribution in [0.1, 0.15) is 68.3 Å². The van der Waals surface area contributed by atoms with Crippen LogP contribution in [0, 0.1) is 0 Å². The van der Waals surface area contributed by atoms with Crippen molar-refractivity contribution in [3.05, 3.63) is 59.1 Å². The summed E-state index contributed by atoms with van der Waals surface area (Å²) in [5.41, 5.74) is 6.11. The molecule has 0 saturated heterocycles. The van der Waals surface area contributed by atoms with Gasteiger partial charge in [0.15, 0.2) is 0 Å². The highest BCUT2D eigenvalue weighted by atomic mass is 15.3. The fourth-order valence-electron chi connectivity index (χ4n) is 5.28. The van der Waals surface area contributed by atoms with Crippen LogP contribution in [-0.4, -0.2) is 15.7 Å². The van der Waals surface area contributed by atoms with Gasteiger partial charge in [-0.3, -0.25) is 4.68 Å². The Labute approximate surface area is 166 Å². The van der Waals surface area contributed by atoms with E-state index in [1.165, 1.54) is 54.6 Å². The molecule has 0 amide bonds. The van der Waals surface area contributed by atoms with Crippen molar-refractivity contribution in [2.24, 2.45) is 12.0 Å². The number of anilines is 1. The second-order valence-corrected chi connectivity index (χ2v) is 8.50. The fourth-order valence-corrected chi connectivity index (χ4v) is 5.28. The van der Waals surface area contributed by atoms with Gasteiger partial charge in [0.05, 0.1) is 5.69 Å². The van der Waals surface area contributed by atoms with Gasteiger partial charge in [-0.05, 0) is 50.3 Å². The van der Waals surface area contributed by atoms with E-state index in [9.17, 15) is 0 Å². The predicted octanol–water partition coefficient (Wildman–Crippen LogP) is 4.58. The van der Waals surface area contributed by atoms with Crippen LogP contribution in [0.15, 0.2) is 47.1 Å². The molecule has 0 spiro atoms. The molecular weight excluding hydrogens is 346 g/mol. The lowest BCUT2D eigenvalue weighted by Crippen LogP contribution is -2.40. The highest BCUT2D eigenvalue weighted by Gasteiger charge is 2.44. The number of benzene rings is 1. The molecule has 3 aliphatic rings. The van der Waals surface area contributed by atoms with Gasteiger partial charge in [-0.1, -0.05) is 37.5 Å². The number of fused-ring (bicyclic) bond motifs is 3. The van der Waals surface area contributed by atoms with E-state index >= 15 is 0 Å². The number of rotatable bonds is 2. The number of aromatic nitrogens is 2. The monoisotopic (exact) mass is 375 g/mol. The van der Waals surface area contributed by atoms with Crippen LogP contribution in [0.2, 0.25) is 0 Å². The summed E-state index contributed by atoms with van der Waals surface area (Å²) in [7, 11) is 2.13. The molecule has 2 aromatic rings. The highest BCUT2D eigenvalue weighted by molar-refractivity contribution is 5.95. The summed E-state index contributed by atoms with van der Waals surface area (Å²) >= 11 is 0. The Kier molecular flexibility index (Phi) is 4.26. The molecule has 0 bridgehead atoms. The molecule has 146 valence electrons. The first-order chi connectivity index (χ1) is 13.6. The van der Waals surface area contributed by atoms with Gasteiger partial charge in [-0.25, -0.2) is 4.99 Å². The zero-order valence-corrected chi connectivity index (χ0v) is 16.8. The highest BCUT2D eigenvalue weighted by Crippen LogP contribution is 2.48. The molecule has 28 heavy (non-hydrogen) atoms. The molecule has 0 radical (unpaired) electrons. The molecule has 1 aromatic carbocycles. The Hall–Kier alpha value is -2.56. The lowest BCUT2D eigenvalue weighted by molar-refractivity contribution is 0.414. The fraction of sp³-hybridized carbons (Fsp3) is 0.478. The van der Waals surface area contributed by atoms with Gasteiger partial charge >= 0.3 is 0 Å². The van der Waals surface area contributed by atoms with Crippen molar-refractivity contribution in [2.45, 2.75) is 63.3 Å². The third-order valence-corrected chi connectivity index (χ3v) is 6.65. The Morgan fingerprint density at radius 2 is 1.89 bits per heavy atom. The molecule has 2 heterocycles. The number of aryl methyl sites for hydroxylation is 2. The van der Waals surface area contributed by atoms with Gasteiger partial charge in [-0.15, -0.1) is 0 Å². The van der Waals surface area contributed by atoms with Crippen molar-refractivity contribution >= 4 is 11.6 Å². The third-order valence-electron chi connectivity index (χ3n) is 6.65. The third kappa shape index (κ3) is 2.84. The van der Waals surface area contributed by atoms with E-state index in [4.69, 9.17) is 10.1 Å². The molecule has 5 nitrogen and oxygen atoms in total. The minimum atomic E-state index is -0.336. The zero-order chi connectivity index (χ0) is 19.1. The zero-order valence-electron chi connectivity index (χ0n) is 16.8. The van der Waals surface area contributed by atoms with Crippen LogP contribution < -0.4 is 10.6 Å². The summed E-state index contributed by atoms with van der Waals surface area (Å²) in [6, 6.07) is 10.2. The molecule has 2 N–H and O–H groups in total. The van der Waals surface area contributed by atoms with Crippen molar-refractivity contribution in [2.75, 3.05) is 5.32 Å². The van der Waals surface area contributed by atoms with E-state index in [0.717, 1.165) is 24.5 Å². The van der Waals surface area contributed by atoms with Crippen molar-refractivity contribution < 1.29 is 0 Å². The summed E-state index contributed by atoms with van der Waals surface area (Å²) in [4.78, 5) is 5.21. The van der Waals surface area contributed by atoms with Crippen molar-refractivity contribution in [1.29, 1.82) is 0 Å². The van der Waals surface area contributed by atoms with E-state index in [2.05, 4.69) is 47.6 Å². The minimum absolute atomic E-state index is 0.336. The van der Waals surface area contributed by atoms with Gasteiger partial charge in [0, 0.05) is 36.1 Å². The number of nitrogens with zero attached hydrogens (tertiary/aromatic N) is 3. The number of nitrogens with one attached hydrogen (secondary N) is 2. The summed E-state index contributed by atoms with van der Waals surface area (Å²) < 4.78 is 2.16. The summed E-state index contributed by atoms with van der Waals surface area (Å²) in [5, 5.41) is 11.8. The number of hydrogen-bond donors (Lipinski definition) is 2. The topological polar surface area (TPSA) is 54.2 Å². The average Bonchev–Trinajstić information content (AvgIpc) is 3.06. The quantitative estimate of drug-likeness (QED) is 0.807. The van der Waals surface area contributed by atoms with Gasteiger partial charge in [0.1, 0.15) is 5.54 Å². The first-order valence-electron chi connectivity index (χ1n) is 10.6. The second kappa shape index (κ2) is 6.80. The Balaban J connectivity index is 1.57. The number of hydrogen-bond acceptors (Lipinski definition) is 4. The SMILES string of the molecule is Cn1nc2c(c1C1CCCCC1)C1(C)N=C(Nc3ccccc3)NC=C1CC2. The smallest absolute Gasteiger partial charge is 0.201 e. The standard InChI is InChI=1S/C23H29N5/c1-23-17(15-24-22(26-23)25-18-11-7-4-8-12-18)13-14-19-20(23)21(28(2)27-19)16-9-5-3-6-10-16/h4,7-8,11-12,15-16H,3,5-6,9-10,13-14H2,1-2H3,(H2,24,25,26). The molecular formula is C23H29N5. The first kappa shape index (κ1) is 17.5. The lowest BCUT2D eigenvalue weighted by atomic mass is 9.73. The van der Waals surface area contributed by atoms with E-state index in [-0.39, 0.29) is 5.54 Å². The molecule has 1 saturated carbocycles. The van der Waals surface area contributed by atoms with Crippen molar-refractivity contribution in [3.8, 4) is 0 Å². The summed E-state index contributed by atoms with van der Waals surface area (Å²) in [5.74, 6) is 1.42. The van der Waals surface area contributed by atoms with Crippen LogP contribution in [0.3, 0.4) is 0 Å². The molecule has 1 fully saturated rings. The van der Waals surface area contributed by atoms with Crippen molar-refractivity contribution in [3.63, 3.8) is 0 Å². The lowest BCUT2D eigenvalue weighted by Gasteiger charge is -2.38. The van der Waals surface area contributed by atoms with Crippen LogP contribution in [0.4, 0.5) is 5.69 Å². The van der Waals surface area contributed by atoms with Gasteiger partial charge < -0.3 is 10.6 Å². The van der Waals surface area contributed by atoms with Crippen LogP contribution in [0.25, 0.3) is 0 Å². The van der Waals surface area contributed by atoms with Gasteiger partial charge in [0.2, 0.25) is 5.96 Å². The Bertz CT molecular complexity index is 933. The number of para-hydroxylation sites is 1. The predicted molar refractivity (Wildman–Crippen MR) is 113 cm³/mol. The molecule has 1 aromatic heterocycles. The molecule has 5 rings (SSSR count). The molecule has 5 heteroatoms. The van der Waals surface area contributed by atoms with E-state index < -0.39 is 0 Å². The van der Waals surface area contributed by atoms with Crippen molar-refractivity contribution in [1.82, 2.24) is 15.1 Å². The first-order valence-corrected chi connectivity index (χ1v) is 10.6. The summed E-state index contributed by atoms with van der Waals surface area (Å²) in [6.07, 6.45) is 10.8.